The van der Waals surface area contributed by atoms with E-state index >= 15 is 0 Å². The van der Waals surface area contributed by atoms with Crippen molar-refractivity contribution in [2.24, 2.45) is 14.1 Å². The van der Waals surface area contributed by atoms with Crippen molar-refractivity contribution in [1.82, 2.24) is 34.5 Å². The molecule has 21 heavy (non-hydrogen) atoms. The van der Waals surface area contributed by atoms with Crippen LogP contribution in [-0.2, 0) is 20.7 Å². The van der Waals surface area contributed by atoms with Gasteiger partial charge in [0.1, 0.15) is 12.4 Å². The number of H-pyrrole nitrogens is 1. The maximum atomic E-state index is 14.1. The van der Waals surface area contributed by atoms with Crippen LogP contribution in [-0.4, -0.2) is 34.5 Å². The van der Waals surface area contributed by atoms with Crippen LogP contribution in [0.4, 0.5) is 4.39 Å². The molecule has 3 aromatic rings. The van der Waals surface area contributed by atoms with E-state index in [1.54, 1.807) is 7.05 Å². The standard InChI is InChI=1S/C11H12FN7O2/c1-17-5-8(12)7(6-21-9-3-4-13-14-9)10(17)19-11(20)18(2)15-16-19/h3-5H,6H2,1-2H3,(H,13,14)/i/hT. The number of aromatic amines is 1. The highest BCUT2D eigenvalue weighted by atomic mass is 19.1. The van der Waals surface area contributed by atoms with Crippen LogP contribution < -0.4 is 10.4 Å². The molecule has 0 fully saturated rings. The summed E-state index contributed by atoms with van der Waals surface area (Å²) in [7, 11) is 3.03. The molecule has 0 unspecified atom stereocenters. The second-order valence-electron chi connectivity index (χ2n) is 4.35. The number of nitrogens with zero attached hydrogens (tertiary/aromatic N) is 6. The van der Waals surface area contributed by atoms with Crippen LogP contribution in [0.25, 0.3) is 5.82 Å². The number of hydrogen-bond acceptors (Lipinski definition) is 5. The van der Waals surface area contributed by atoms with Crippen LogP contribution in [0.5, 0.6) is 5.88 Å². The van der Waals surface area contributed by atoms with Gasteiger partial charge in [-0.25, -0.2) is 9.18 Å². The van der Waals surface area contributed by atoms with Crippen molar-refractivity contribution in [2.45, 2.75) is 6.61 Å². The van der Waals surface area contributed by atoms with Crippen LogP contribution in [0.15, 0.2) is 23.3 Å². The maximum Gasteiger partial charge on any atom is 0.369 e. The lowest BCUT2D eigenvalue weighted by atomic mass is 10.3. The van der Waals surface area contributed by atoms with Crippen molar-refractivity contribution in [1.29, 1.82) is 0 Å². The van der Waals surface area contributed by atoms with E-state index in [0.29, 0.717) is 0 Å². The van der Waals surface area contributed by atoms with Crippen LogP contribution >= 0.6 is 0 Å². The number of tetrazole rings is 1. The molecule has 9 nitrogen and oxygen atoms in total. The minimum atomic E-state index is -0.541. The predicted octanol–water partition coefficient (Wildman–Crippen LogP) is -0.254. The molecule has 0 saturated carbocycles. The van der Waals surface area contributed by atoms with Crippen molar-refractivity contribution in [3.8, 4) is 11.7 Å². The first-order valence-electron chi connectivity index (χ1n) is 6.43. The Labute approximate surface area is 119 Å². The first-order valence-corrected chi connectivity index (χ1v) is 5.98. The summed E-state index contributed by atoms with van der Waals surface area (Å²) in [5, 5.41) is 11.9. The zero-order valence-electron chi connectivity index (χ0n) is 12.3. The van der Waals surface area contributed by atoms with Crippen LogP contribution in [0, 0.1) is 5.82 Å². The van der Waals surface area contributed by atoms with Gasteiger partial charge < -0.3 is 9.30 Å². The molecule has 3 aromatic heterocycles. The van der Waals surface area contributed by atoms with Gasteiger partial charge in [-0.1, -0.05) is 0 Å². The largest absolute Gasteiger partial charge is 0.471 e. The molecule has 0 amide bonds. The molecule has 10 heteroatoms. The van der Waals surface area contributed by atoms with Gasteiger partial charge in [-0.2, -0.15) is 4.68 Å². The summed E-state index contributed by atoms with van der Waals surface area (Å²) in [4.78, 5) is 11.9. The molecule has 0 atom stereocenters. The van der Waals surface area contributed by atoms with Gasteiger partial charge in [-0.3, -0.25) is 5.09 Å². The highest BCUT2D eigenvalue weighted by Gasteiger charge is 2.20. The molecule has 0 radical (unpaired) electrons. The van der Waals surface area contributed by atoms with Crippen molar-refractivity contribution >= 4 is 0 Å². The summed E-state index contributed by atoms with van der Waals surface area (Å²) in [6.45, 7) is -0.165. The van der Waals surface area contributed by atoms with Gasteiger partial charge in [-0.05, 0) is 10.4 Å². The summed E-state index contributed by atoms with van der Waals surface area (Å²) < 4.78 is 30.1. The molecule has 0 spiro atoms. The Hall–Kier alpha value is -2.91. The molecule has 110 valence electrons. The van der Waals surface area contributed by atoms with Gasteiger partial charge in [0, 0.05) is 32.6 Å². The van der Waals surface area contributed by atoms with Crippen molar-refractivity contribution in [3.05, 3.63) is 40.3 Å². The summed E-state index contributed by atoms with van der Waals surface area (Å²) in [5.41, 5.74) is -0.359. The molecule has 0 aliphatic heterocycles. The second-order valence-corrected chi connectivity index (χ2v) is 4.35. The number of halogens is 1. The summed E-state index contributed by atoms with van der Waals surface area (Å²) in [6, 6.07) is 1.47. The minimum absolute atomic E-state index is 0.143. The van der Waals surface area contributed by atoms with Crippen molar-refractivity contribution in [3.63, 3.8) is 0 Å². The van der Waals surface area contributed by atoms with Crippen LogP contribution in [0.2, 0.25) is 1.41 Å². The van der Waals surface area contributed by atoms with E-state index in [4.69, 9.17) is 6.15 Å². The number of hydrogen-bond donors (Lipinski definition) is 1. The fraction of sp³-hybridized carbons (Fsp3) is 0.273. The summed E-state index contributed by atoms with van der Waals surface area (Å²) >= 11 is 0. The number of rotatable bonds is 4. The fourth-order valence-electron chi connectivity index (χ4n) is 1.93. The van der Waals surface area contributed by atoms with Crippen LogP contribution in [0.3, 0.4) is 0 Å². The maximum absolute atomic E-state index is 14.1. The van der Waals surface area contributed by atoms with E-state index in [2.05, 4.69) is 15.5 Å². The smallest absolute Gasteiger partial charge is 0.369 e. The fourth-order valence-corrected chi connectivity index (χ4v) is 1.93. The van der Waals surface area contributed by atoms with Crippen molar-refractivity contribution in [2.75, 3.05) is 0 Å². The third-order valence-corrected chi connectivity index (χ3v) is 2.93. The average molecular weight is 295 g/mol. The molecular formula is C11H12FN7O2. The van der Waals surface area contributed by atoms with E-state index in [9.17, 15) is 9.18 Å². The first-order chi connectivity index (χ1) is 10.5. The third-order valence-electron chi connectivity index (χ3n) is 2.93. The number of nitrogens with one attached hydrogen (secondary N) is 1. The van der Waals surface area contributed by atoms with E-state index in [1.165, 1.54) is 30.1 Å². The number of aromatic nitrogens is 7. The van der Waals surface area contributed by atoms with Gasteiger partial charge in [0.2, 0.25) is 5.88 Å². The molecule has 0 aromatic carbocycles. The number of ether oxygens (including phenoxy) is 1. The quantitative estimate of drug-likeness (QED) is 0.716. The number of aryl methyl sites for hydroxylation is 2. The van der Waals surface area contributed by atoms with E-state index in [1.807, 2.05) is 0 Å². The molecule has 0 aliphatic rings. The monoisotopic (exact) mass is 295 g/mol. The lowest BCUT2D eigenvalue weighted by Crippen LogP contribution is -2.24. The zero-order valence-corrected chi connectivity index (χ0v) is 11.3. The zero-order chi connectivity index (χ0) is 15.9. The molecular weight excluding hydrogens is 281 g/mol. The third kappa shape index (κ3) is 2.20. The molecule has 0 saturated heterocycles. The molecule has 3 heterocycles. The average Bonchev–Trinajstić information content (AvgIpc) is 3.09. The van der Waals surface area contributed by atoms with Crippen molar-refractivity contribution < 1.29 is 10.5 Å². The van der Waals surface area contributed by atoms with Crippen LogP contribution in [0.1, 0.15) is 5.56 Å². The van der Waals surface area contributed by atoms with E-state index in [-0.39, 0.29) is 23.9 Å². The SMILES string of the molecule is [3H]n1ccc(OCc2c(F)cn(C)c2-n2nnn(C)c2=O)n1. The highest BCUT2D eigenvalue weighted by molar-refractivity contribution is 5.36. The van der Waals surface area contributed by atoms with E-state index < -0.39 is 11.5 Å². The Kier molecular flexibility index (Phi) is 2.76. The highest BCUT2D eigenvalue weighted by Crippen LogP contribution is 2.19. The molecule has 0 bridgehead atoms. The summed E-state index contributed by atoms with van der Waals surface area (Å²) in [6.07, 6.45) is 2.60. The Bertz CT molecular complexity index is 878. The van der Waals surface area contributed by atoms with Gasteiger partial charge in [0.15, 0.2) is 7.23 Å². The van der Waals surface area contributed by atoms with Gasteiger partial charge in [0.05, 0.1) is 5.56 Å². The predicted molar refractivity (Wildman–Crippen MR) is 68.4 cm³/mol. The van der Waals surface area contributed by atoms with E-state index in [0.717, 1.165) is 14.5 Å². The Balaban J connectivity index is 1.97. The van der Waals surface area contributed by atoms with Gasteiger partial charge in [-0.15, -0.1) is 9.78 Å². The Morgan fingerprint density at radius 2 is 2.29 bits per heavy atom. The van der Waals surface area contributed by atoms with Gasteiger partial charge >= 0.3 is 5.69 Å². The lowest BCUT2D eigenvalue weighted by Gasteiger charge is -2.06. The summed E-state index contributed by atoms with van der Waals surface area (Å²) in [5.74, 6) is -0.142. The molecule has 0 aliphatic carbocycles. The van der Waals surface area contributed by atoms with Gasteiger partial charge in [0.25, 0.3) is 0 Å². The first kappa shape index (κ1) is 11.9. The second kappa shape index (κ2) is 4.89. The Morgan fingerprint density at radius 1 is 1.48 bits per heavy atom. The lowest BCUT2D eigenvalue weighted by molar-refractivity contribution is 0.287. The normalized spacial score (nSPS) is 11.7. The minimum Gasteiger partial charge on any atom is -0.471 e. The molecule has 1 N–H and O–H groups in total. The Morgan fingerprint density at radius 3 is 2.90 bits per heavy atom. The topological polar surface area (TPSA) is 95.5 Å². The molecule has 3 rings (SSSR count).